The summed E-state index contributed by atoms with van der Waals surface area (Å²) in [5.41, 5.74) is -2.18. The first-order valence-electron chi connectivity index (χ1n) is 8.70. The maximum atomic E-state index is 10.9. The van der Waals surface area contributed by atoms with Crippen molar-refractivity contribution in [2.24, 2.45) is 0 Å². The van der Waals surface area contributed by atoms with Gasteiger partial charge in [0.1, 0.15) is 18.0 Å². The third kappa shape index (κ3) is 4.84. The van der Waals surface area contributed by atoms with Crippen molar-refractivity contribution in [1.29, 1.82) is 0 Å². The highest BCUT2D eigenvalue weighted by molar-refractivity contribution is 6.30. The normalized spacial score (nSPS) is 30.2. The molecule has 2 atom stereocenters. The van der Waals surface area contributed by atoms with E-state index in [1.54, 1.807) is 24.3 Å². The van der Waals surface area contributed by atoms with Gasteiger partial charge in [0.25, 0.3) is 0 Å². The molecule has 2 aliphatic heterocycles. The number of halogens is 1. The van der Waals surface area contributed by atoms with Gasteiger partial charge in [0, 0.05) is 50.7 Å². The van der Waals surface area contributed by atoms with Crippen LogP contribution in [0.1, 0.15) is 19.3 Å². The highest BCUT2D eigenvalue weighted by atomic mass is 35.5. The molecule has 2 aliphatic rings. The maximum absolute atomic E-state index is 10.9. The number of hydrogen-bond acceptors (Lipinski definition) is 6. The van der Waals surface area contributed by atoms with E-state index in [0.717, 1.165) is 0 Å². The first-order chi connectivity index (χ1) is 11.9. The molecule has 0 radical (unpaired) electrons. The predicted octanol–water partition coefficient (Wildman–Crippen LogP) is 1.06. The van der Waals surface area contributed by atoms with E-state index in [1.807, 2.05) is 4.90 Å². The SMILES string of the molecule is O[C@H]1CCN(CC2(O)CCOCC2)C[C@]1(O)COc1cccc(Cl)c1. The Hall–Kier alpha value is -0.890. The minimum absolute atomic E-state index is 0.0352. The van der Waals surface area contributed by atoms with E-state index >= 15 is 0 Å². The zero-order valence-corrected chi connectivity index (χ0v) is 15.0. The number of aliphatic hydroxyl groups excluding tert-OH is 1. The van der Waals surface area contributed by atoms with Gasteiger partial charge in [0.2, 0.25) is 0 Å². The highest BCUT2D eigenvalue weighted by Crippen LogP contribution is 2.28. The summed E-state index contributed by atoms with van der Waals surface area (Å²) in [6.45, 7) is 2.40. The van der Waals surface area contributed by atoms with Crippen molar-refractivity contribution in [1.82, 2.24) is 4.90 Å². The number of rotatable bonds is 5. The predicted molar refractivity (Wildman–Crippen MR) is 94.0 cm³/mol. The molecule has 3 rings (SSSR count). The third-order valence-electron chi connectivity index (χ3n) is 5.06. The molecular formula is C18H26ClNO5. The van der Waals surface area contributed by atoms with Crippen molar-refractivity contribution in [2.45, 2.75) is 36.6 Å². The Kier molecular flexibility index (Phi) is 5.88. The van der Waals surface area contributed by atoms with Gasteiger partial charge in [-0.3, -0.25) is 4.90 Å². The van der Waals surface area contributed by atoms with E-state index in [1.165, 1.54) is 0 Å². The minimum atomic E-state index is -1.39. The van der Waals surface area contributed by atoms with Gasteiger partial charge < -0.3 is 24.8 Å². The molecule has 7 heteroatoms. The van der Waals surface area contributed by atoms with E-state index in [2.05, 4.69) is 0 Å². The second kappa shape index (κ2) is 7.78. The molecule has 0 aliphatic carbocycles. The summed E-state index contributed by atoms with van der Waals surface area (Å²) >= 11 is 5.94. The van der Waals surface area contributed by atoms with E-state index in [9.17, 15) is 15.3 Å². The molecule has 6 nitrogen and oxygen atoms in total. The summed E-state index contributed by atoms with van der Waals surface area (Å²) in [4.78, 5) is 2.00. The standard InChI is InChI=1S/C18H26ClNO5/c19-14-2-1-3-15(10-14)25-13-18(23)12-20(7-4-16(18)21)11-17(22)5-8-24-9-6-17/h1-3,10,16,21-23H,4-9,11-13H2/t16-,18-/m0/s1. The molecule has 0 saturated carbocycles. The Balaban J connectivity index is 1.60. The molecule has 0 spiro atoms. The van der Waals surface area contributed by atoms with Crippen LogP contribution in [-0.2, 0) is 4.74 Å². The quantitative estimate of drug-likeness (QED) is 0.718. The average molecular weight is 372 g/mol. The Morgan fingerprint density at radius 1 is 1.28 bits per heavy atom. The number of aliphatic hydroxyl groups is 3. The Morgan fingerprint density at radius 2 is 2.04 bits per heavy atom. The van der Waals surface area contributed by atoms with Gasteiger partial charge in [-0.1, -0.05) is 17.7 Å². The first-order valence-corrected chi connectivity index (χ1v) is 9.08. The van der Waals surface area contributed by atoms with Crippen LogP contribution in [0, 0.1) is 0 Å². The van der Waals surface area contributed by atoms with Crippen molar-refractivity contribution >= 4 is 11.6 Å². The minimum Gasteiger partial charge on any atom is -0.490 e. The van der Waals surface area contributed by atoms with Gasteiger partial charge in [-0.05, 0) is 24.6 Å². The zero-order valence-electron chi connectivity index (χ0n) is 14.2. The van der Waals surface area contributed by atoms with Crippen LogP contribution in [0.3, 0.4) is 0 Å². The fraction of sp³-hybridized carbons (Fsp3) is 0.667. The van der Waals surface area contributed by atoms with Crippen molar-refractivity contribution in [3.8, 4) is 5.75 Å². The molecule has 1 aromatic carbocycles. The third-order valence-corrected chi connectivity index (χ3v) is 5.30. The van der Waals surface area contributed by atoms with E-state index in [-0.39, 0.29) is 13.2 Å². The van der Waals surface area contributed by atoms with Crippen molar-refractivity contribution in [3.63, 3.8) is 0 Å². The fourth-order valence-electron chi connectivity index (χ4n) is 3.51. The number of ether oxygens (including phenoxy) is 2. The van der Waals surface area contributed by atoms with E-state index in [4.69, 9.17) is 21.1 Å². The number of hydrogen-bond donors (Lipinski definition) is 3. The fourth-order valence-corrected chi connectivity index (χ4v) is 3.69. The second-order valence-corrected chi connectivity index (χ2v) is 7.64. The second-order valence-electron chi connectivity index (χ2n) is 7.20. The van der Waals surface area contributed by atoms with Crippen molar-refractivity contribution in [3.05, 3.63) is 29.3 Å². The molecular weight excluding hydrogens is 346 g/mol. The average Bonchev–Trinajstić information content (AvgIpc) is 2.57. The number of nitrogens with zero attached hydrogens (tertiary/aromatic N) is 1. The number of piperidine rings is 1. The molecule has 140 valence electrons. The van der Waals surface area contributed by atoms with Crippen LogP contribution >= 0.6 is 11.6 Å². The summed E-state index contributed by atoms with van der Waals surface area (Å²) in [5, 5.41) is 32.4. The number of likely N-dealkylation sites (tertiary alicyclic amines) is 1. The summed E-state index contributed by atoms with van der Waals surface area (Å²) in [6.07, 6.45) is 0.738. The molecule has 2 heterocycles. The Morgan fingerprint density at radius 3 is 2.76 bits per heavy atom. The lowest BCUT2D eigenvalue weighted by Gasteiger charge is -2.45. The van der Waals surface area contributed by atoms with Crippen LogP contribution in [0.4, 0.5) is 0 Å². The van der Waals surface area contributed by atoms with E-state index < -0.39 is 17.3 Å². The smallest absolute Gasteiger partial charge is 0.137 e. The van der Waals surface area contributed by atoms with Gasteiger partial charge in [0.15, 0.2) is 0 Å². The van der Waals surface area contributed by atoms with Crippen LogP contribution < -0.4 is 4.74 Å². The Labute approximate surface area is 152 Å². The zero-order chi connectivity index (χ0) is 17.9. The number of benzene rings is 1. The number of β-amino-alcohol motifs (C(OH)–C–C–N with tert-alkyl or cyclic N) is 2. The van der Waals surface area contributed by atoms with Gasteiger partial charge in [0.05, 0.1) is 11.7 Å². The topological polar surface area (TPSA) is 82.4 Å². The summed E-state index contributed by atoms with van der Waals surface area (Å²) in [7, 11) is 0. The van der Waals surface area contributed by atoms with Crippen LogP contribution in [0.5, 0.6) is 5.75 Å². The van der Waals surface area contributed by atoms with Crippen molar-refractivity contribution in [2.75, 3.05) is 39.5 Å². The van der Waals surface area contributed by atoms with Crippen LogP contribution in [0.25, 0.3) is 0 Å². The molecule has 25 heavy (non-hydrogen) atoms. The van der Waals surface area contributed by atoms with Gasteiger partial charge >= 0.3 is 0 Å². The van der Waals surface area contributed by atoms with Crippen LogP contribution in [0.15, 0.2) is 24.3 Å². The lowest BCUT2D eigenvalue weighted by molar-refractivity contribution is -0.154. The molecule has 0 unspecified atom stereocenters. The largest absolute Gasteiger partial charge is 0.490 e. The highest BCUT2D eigenvalue weighted by Gasteiger charge is 2.44. The lowest BCUT2D eigenvalue weighted by atomic mass is 9.87. The molecule has 1 aromatic rings. The lowest BCUT2D eigenvalue weighted by Crippen LogP contribution is -2.62. The van der Waals surface area contributed by atoms with Gasteiger partial charge in [-0.25, -0.2) is 0 Å². The van der Waals surface area contributed by atoms with Gasteiger partial charge in [-0.2, -0.15) is 0 Å². The maximum Gasteiger partial charge on any atom is 0.137 e. The van der Waals surface area contributed by atoms with E-state index in [0.29, 0.717) is 56.3 Å². The van der Waals surface area contributed by atoms with Gasteiger partial charge in [-0.15, -0.1) is 0 Å². The summed E-state index contributed by atoms with van der Waals surface area (Å²) in [5.74, 6) is 0.549. The monoisotopic (exact) mass is 371 g/mol. The molecule has 2 saturated heterocycles. The first kappa shape index (κ1) is 18.9. The van der Waals surface area contributed by atoms with Crippen LogP contribution in [0.2, 0.25) is 5.02 Å². The molecule has 3 N–H and O–H groups in total. The molecule has 2 fully saturated rings. The Bertz CT molecular complexity index is 580. The van der Waals surface area contributed by atoms with Crippen molar-refractivity contribution < 1.29 is 24.8 Å². The molecule has 0 bridgehead atoms. The molecule has 0 amide bonds. The summed E-state index contributed by atoms with van der Waals surface area (Å²) < 4.78 is 11.0. The van der Waals surface area contributed by atoms with Crippen LogP contribution in [-0.4, -0.2) is 77.0 Å². The summed E-state index contributed by atoms with van der Waals surface area (Å²) in [6, 6.07) is 6.94. The molecule has 0 aromatic heterocycles.